The molecule has 0 unspecified atom stereocenters. The van der Waals surface area contributed by atoms with Crippen LogP contribution in [0.25, 0.3) is 11.0 Å². The highest BCUT2D eigenvalue weighted by molar-refractivity contribution is 5.90. The number of fused-ring (bicyclic) bond motifs is 1. The van der Waals surface area contributed by atoms with E-state index in [2.05, 4.69) is 15.3 Å². The van der Waals surface area contributed by atoms with Gasteiger partial charge >= 0.3 is 12.1 Å². The fourth-order valence-electron chi connectivity index (χ4n) is 3.49. The Bertz CT molecular complexity index is 1000. The summed E-state index contributed by atoms with van der Waals surface area (Å²) in [6.45, 7) is 4.02. The molecule has 3 amide bonds. The number of aryl methyl sites for hydroxylation is 1. The SMILES string of the molecule is CC(C)CCN(C(=O)O)C(=O)N[C@@H](CCc1ccccc1)[C@H](O)c1nc2ccccc2[nH]1. The monoisotopic (exact) mass is 438 g/mol. The minimum atomic E-state index is -1.32. The van der Waals surface area contributed by atoms with Gasteiger partial charge in [0.15, 0.2) is 0 Å². The van der Waals surface area contributed by atoms with Gasteiger partial charge in [-0.3, -0.25) is 0 Å². The first kappa shape index (κ1) is 23.3. The number of carboxylic acid groups (broad SMARTS) is 1. The van der Waals surface area contributed by atoms with Crippen molar-refractivity contribution in [1.29, 1.82) is 0 Å². The molecule has 1 aromatic heterocycles. The van der Waals surface area contributed by atoms with Gasteiger partial charge in [-0.1, -0.05) is 56.3 Å². The Balaban J connectivity index is 1.80. The number of nitrogens with zero attached hydrogens (tertiary/aromatic N) is 2. The summed E-state index contributed by atoms with van der Waals surface area (Å²) >= 11 is 0. The van der Waals surface area contributed by atoms with E-state index in [-0.39, 0.29) is 12.5 Å². The number of H-pyrrole nitrogens is 1. The fourth-order valence-corrected chi connectivity index (χ4v) is 3.49. The van der Waals surface area contributed by atoms with Crippen LogP contribution in [0.15, 0.2) is 54.6 Å². The van der Waals surface area contributed by atoms with Crippen LogP contribution in [0.2, 0.25) is 0 Å². The van der Waals surface area contributed by atoms with Crippen molar-refractivity contribution in [2.24, 2.45) is 5.92 Å². The Morgan fingerprint density at radius 1 is 1.06 bits per heavy atom. The molecular weight excluding hydrogens is 408 g/mol. The second-order valence-corrected chi connectivity index (χ2v) is 8.28. The number of carbonyl (C=O) groups excluding carboxylic acids is 1. The van der Waals surface area contributed by atoms with Crippen molar-refractivity contribution in [3.8, 4) is 0 Å². The fraction of sp³-hybridized carbons (Fsp3) is 0.375. The second kappa shape index (κ2) is 10.8. The smallest absolute Gasteiger partial charge is 0.415 e. The third-order valence-corrected chi connectivity index (χ3v) is 5.37. The van der Waals surface area contributed by atoms with E-state index in [4.69, 9.17) is 0 Å². The highest BCUT2D eigenvalue weighted by Gasteiger charge is 2.29. The number of carbonyl (C=O) groups is 2. The number of aromatic nitrogens is 2. The molecule has 32 heavy (non-hydrogen) atoms. The summed E-state index contributed by atoms with van der Waals surface area (Å²) in [4.78, 5) is 32.8. The van der Waals surface area contributed by atoms with E-state index in [0.717, 1.165) is 16.0 Å². The zero-order valence-corrected chi connectivity index (χ0v) is 18.4. The van der Waals surface area contributed by atoms with Gasteiger partial charge in [-0.15, -0.1) is 0 Å². The molecule has 2 atom stereocenters. The second-order valence-electron chi connectivity index (χ2n) is 8.28. The molecule has 0 radical (unpaired) electrons. The zero-order valence-electron chi connectivity index (χ0n) is 18.4. The van der Waals surface area contributed by atoms with E-state index >= 15 is 0 Å². The predicted octanol–water partition coefficient (Wildman–Crippen LogP) is 4.33. The van der Waals surface area contributed by atoms with Gasteiger partial charge in [0, 0.05) is 6.54 Å². The van der Waals surface area contributed by atoms with Crippen LogP contribution < -0.4 is 5.32 Å². The molecule has 0 saturated heterocycles. The Labute approximate surface area is 187 Å². The zero-order chi connectivity index (χ0) is 23.1. The van der Waals surface area contributed by atoms with E-state index in [1.54, 1.807) is 0 Å². The first-order chi connectivity index (χ1) is 15.3. The lowest BCUT2D eigenvalue weighted by molar-refractivity contribution is 0.108. The largest absolute Gasteiger partial charge is 0.465 e. The van der Waals surface area contributed by atoms with Crippen molar-refractivity contribution in [2.75, 3.05) is 6.54 Å². The van der Waals surface area contributed by atoms with E-state index in [9.17, 15) is 19.8 Å². The summed E-state index contributed by atoms with van der Waals surface area (Å²) in [5.41, 5.74) is 2.54. The van der Waals surface area contributed by atoms with E-state index in [0.29, 0.717) is 30.6 Å². The van der Waals surface area contributed by atoms with Crippen molar-refractivity contribution >= 4 is 23.2 Å². The molecule has 0 aliphatic carbocycles. The minimum absolute atomic E-state index is 0.0883. The number of imide groups is 1. The predicted molar refractivity (Wildman–Crippen MR) is 122 cm³/mol. The number of hydrogen-bond donors (Lipinski definition) is 4. The number of nitrogens with one attached hydrogen (secondary N) is 2. The summed E-state index contributed by atoms with van der Waals surface area (Å²) in [7, 11) is 0. The molecular formula is C24H30N4O4. The van der Waals surface area contributed by atoms with Crippen molar-refractivity contribution in [2.45, 2.75) is 45.3 Å². The number of urea groups is 1. The molecule has 3 aromatic rings. The van der Waals surface area contributed by atoms with E-state index in [1.807, 2.05) is 68.4 Å². The van der Waals surface area contributed by atoms with Gasteiger partial charge in [0.1, 0.15) is 11.9 Å². The van der Waals surface area contributed by atoms with Gasteiger partial charge in [-0.05, 0) is 42.9 Å². The lowest BCUT2D eigenvalue weighted by Gasteiger charge is -2.26. The Morgan fingerprint density at radius 2 is 1.75 bits per heavy atom. The number of aliphatic hydroxyl groups excluding tert-OH is 1. The standard InChI is InChI=1S/C24H30N4O4/c1-16(2)14-15-28(24(31)32)23(30)27-20(13-12-17-8-4-3-5-9-17)21(29)22-25-18-10-6-7-11-19(18)26-22/h3-11,16,20-21,29H,12-15H2,1-2H3,(H,25,26)(H,27,30)(H,31,32)/t20-,21-/m0/s1. The number of para-hydroxylation sites is 2. The highest BCUT2D eigenvalue weighted by Crippen LogP contribution is 2.22. The first-order valence-corrected chi connectivity index (χ1v) is 10.8. The van der Waals surface area contributed by atoms with Crippen molar-refractivity contribution in [1.82, 2.24) is 20.2 Å². The van der Waals surface area contributed by atoms with Gasteiger partial charge in [0.25, 0.3) is 0 Å². The molecule has 0 aliphatic rings. The first-order valence-electron chi connectivity index (χ1n) is 10.8. The lowest BCUT2D eigenvalue weighted by Crippen LogP contribution is -2.49. The van der Waals surface area contributed by atoms with Crippen LogP contribution in [0.1, 0.15) is 44.2 Å². The Hall–Kier alpha value is -3.39. The number of aliphatic hydroxyl groups is 1. The number of hydrogen-bond acceptors (Lipinski definition) is 4. The molecule has 2 aromatic carbocycles. The number of benzene rings is 2. The number of amides is 3. The maximum absolute atomic E-state index is 12.8. The number of rotatable bonds is 9. The third-order valence-electron chi connectivity index (χ3n) is 5.37. The normalized spacial score (nSPS) is 13.1. The summed E-state index contributed by atoms with van der Waals surface area (Å²) in [5.74, 6) is 0.577. The average Bonchev–Trinajstić information content (AvgIpc) is 3.21. The third kappa shape index (κ3) is 6.07. The van der Waals surface area contributed by atoms with Crippen molar-refractivity contribution < 1.29 is 19.8 Å². The molecule has 3 rings (SSSR count). The molecule has 170 valence electrons. The maximum Gasteiger partial charge on any atom is 0.415 e. The van der Waals surface area contributed by atoms with Crippen LogP contribution in [0.4, 0.5) is 9.59 Å². The van der Waals surface area contributed by atoms with Crippen LogP contribution in [-0.4, -0.2) is 49.8 Å². The lowest BCUT2D eigenvalue weighted by atomic mass is 10.0. The topological polar surface area (TPSA) is 119 Å². The van der Waals surface area contributed by atoms with Gasteiger partial charge < -0.3 is 20.5 Å². The van der Waals surface area contributed by atoms with E-state index in [1.165, 1.54) is 0 Å². The van der Waals surface area contributed by atoms with Crippen molar-refractivity contribution in [3.05, 3.63) is 66.0 Å². The summed E-state index contributed by atoms with van der Waals surface area (Å²) in [6.07, 6.45) is -0.882. The van der Waals surface area contributed by atoms with Crippen LogP contribution in [0.3, 0.4) is 0 Å². The molecule has 0 fully saturated rings. The van der Waals surface area contributed by atoms with Gasteiger partial charge in [0.2, 0.25) is 0 Å². The maximum atomic E-state index is 12.8. The van der Waals surface area contributed by atoms with Crippen LogP contribution >= 0.6 is 0 Å². The molecule has 0 bridgehead atoms. The van der Waals surface area contributed by atoms with E-state index < -0.39 is 24.3 Å². The molecule has 0 saturated carbocycles. The number of imidazole rings is 1. The van der Waals surface area contributed by atoms with Gasteiger partial charge in [-0.25, -0.2) is 19.5 Å². The van der Waals surface area contributed by atoms with Gasteiger partial charge in [0.05, 0.1) is 17.1 Å². The van der Waals surface area contributed by atoms with Crippen LogP contribution in [-0.2, 0) is 6.42 Å². The molecule has 8 heteroatoms. The summed E-state index contributed by atoms with van der Waals surface area (Å²) in [6, 6.07) is 15.6. The molecule has 8 nitrogen and oxygen atoms in total. The highest BCUT2D eigenvalue weighted by atomic mass is 16.4. The van der Waals surface area contributed by atoms with Crippen molar-refractivity contribution in [3.63, 3.8) is 0 Å². The average molecular weight is 439 g/mol. The molecule has 4 N–H and O–H groups in total. The van der Waals surface area contributed by atoms with Gasteiger partial charge in [-0.2, -0.15) is 0 Å². The summed E-state index contributed by atoms with van der Waals surface area (Å²) in [5, 5.41) is 23.3. The Kier molecular flexibility index (Phi) is 7.83. The Morgan fingerprint density at radius 3 is 2.41 bits per heavy atom. The van der Waals surface area contributed by atoms with Crippen LogP contribution in [0.5, 0.6) is 0 Å². The number of aromatic amines is 1. The molecule has 1 heterocycles. The molecule has 0 aliphatic heterocycles. The molecule has 0 spiro atoms. The summed E-state index contributed by atoms with van der Waals surface area (Å²) < 4.78 is 0. The minimum Gasteiger partial charge on any atom is -0.465 e. The quantitative estimate of drug-likeness (QED) is 0.396. The van der Waals surface area contributed by atoms with Crippen LogP contribution in [0, 0.1) is 5.92 Å².